The van der Waals surface area contributed by atoms with Crippen LogP contribution in [0.5, 0.6) is 0 Å². The number of fused-ring (bicyclic) bond motifs is 1. The molecule has 0 radical (unpaired) electrons. The number of thiazole rings is 1. The molecule has 3 rings (SSSR count). The molecule has 2 aromatic heterocycles. The standard InChI is InChI=1S/C33H41N7O2S/c1-9-13-24(15-23(7)19-34)20-39-30(36-27-18-29-28(17-25(27)11-3)37-31(35-8)43-29)38-32(41)40(33(39)42)26(12-4)16-22(6)14-21(5)10-2/h12-18H,9-11,20H2,1-8H3,(H,35,37)(H,36,38,41)/b21-14+,22-16-,23-15+,24-13-,26-12+. The fourth-order valence-electron chi connectivity index (χ4n) is 4.57. The maximum absolute atomic E-state index is 14.2. The van der Waals surface area contributed by atoms with Crippen molar-refractivity contribution in [3.05, 3.63) is 91.3 Å². The van der Waals surface area contributed by atoms with Gasteiger partial charge in [-0.15, -0.1) is 0 Å². The zero-order chi connectivity index (χ0) is 31.7. The van der Waals surface area contributed by atoms with E-state index in [0.29, 0.717) is 24.1 Å². The van der Waals surface area contributed by atoms with E-state index in [0.717, 1.165) is 48.7 Å². The molecule has 2 N–H and O–H groups in total. The lowest BCUT2D eigenvalue weighted by Crippen LogP contribution is -2.42. The van der Waals surface area contributed by atoms with Crippen molar-refractivity contribution >= 4 is 44.0 Å². The molecule has 0 unspecified atom stereocenters. The minimum absolute atomic E-state index is 0.115. The quantitative estimate of drug-likeness (QED) is 0.165. The van der Waals surface area contributed by atoms with Crippen molar-refractivity contribution in [2.45, 2.75) is 74.3 Å². The predicted molar refractivity (Wildman–Crippen MR) is 180 cm³/mol. The monoisotopic (exact) mass is 599 g/mol. The van der Waals surface area contributed by atoms with Gasteiger partial charge in [-0.1, -0.05) is 55.9 Å². The third-order valence-electron chi connectivity index (χ3n) is 6.87. The number of nitrogens with zero attached hydrogens (tertiary/aromatic N) is 5. The number of aromatic nitrogens is 4. The van der Waals surface area contributed by atoms with Gasteiger partial charge >= 0.3 is 11.4 Å². The van der Waals surface area contributed by atoms with Crippen LogP contribution in [-0.2, 0) is 13.0 Å². The fourth-order valence-corrected chi connectivity index (χ4v) is 5.41. The van der Waals surface area contributed by atoms with Crippen LogP contribution in [0.15, 0.2) is 74.4 Å². The first-order valence-corrected chi connectivity index (χ1v) is 15.3. The number of rotatable bonds is 12. The molecule has 0 spiro atoms. The fraction of sp³-hybridized carbons (Fsp3) is 0.364. The third kappa shape index (κ3) is 8.08. The summed E-state index contributed by atoms with van der Waals surface area (Å²) in [5, 5.41) is 16.6. The van der Waals surface area contributed by atoms with E-state index in [1.165, 1.54) is 21.5 Å². The van der Waals surface area contributed by atoms with E-state index >= 15 is 0 Å². The van der Waals surface area contributed by atoms with Gasteiger partial charge in [-0.2, -0.15) is 10.2 Å². The zero-order valence-corrected chi connectivity index (χ0v) is 27.1. The Morgan fingerprint density at radius 2 is 1.84 bits per heavy atom. The van der Waals surface area contributed by atoms with Crippen LogP contribution >= 0.6 is 11.3 Å². The molecule has 3 aromatic rings. The molecule has 43 heavy (non-hydrogen) atoms. The van der Waals surface area contributed by atoms with Crippen LogP contribution < -0.4 is 22.0 Å². The summed E-state index contributed by atoms with van der Waals surface area (Å²) in [7, 11) is 1.83. The topological polar surface area (TPSA) is 118 Å². The molecule has 0 fully saturated rings. The summed E-state index contributed by atoms with van der Waals surface area (Å²) in [5.74, 6) is 0.126. The first-order valence-electron chi connectivity index (χ1n) is 14.5. The lowest BCUT2D eigenvalue weighted by molar-refractivity contribution is 0.663. The lowest BCUT2D eigenvalue weighted by Gasteiger charge is -2.18. The number of hydrogen-bond acceptors (Lipinski definition) is 8. The van der Waals surface area contributed by atoms with Crippen molar-refractivity contribution in [3.8, 4) is 6.07 Å². The van der Waals surface area contributed by atoms with Crippen LogP contribution in [0.1, 0.15) is 66.9 Å². The largest absolute Gasteiger partial charge is 0.365 e. The SMILES string of the molecule is C\C=C(/C=C(C)\C=C(/C)CC)n1c(=O)nc(Nc2cc3sc(NC)nc3cc2CC)n(CC(=C\CC)/C=C(\C)C#N)c1=O. The van der Waals surface area contributed by atoms with Crippen molar-refractivity contribution in [3.63, 3.8) is 0 Å². The third-order valence-corrected chi connectivity index (χ3v) is 7.91. The van der Waals surface area contributed by atoms with Crippen molar-refractivity contribution in [1.82, 2.24) is 19.1 Å². The highest BCUT2D eigenvalue weighted by atomic mass is 32.1. The zero-order valence-electron chi connectivity index (χ0n) is 26.3. The molecule has 2 heterocycles. The molecule has 0 aliphatic heterocycles. The molecule has 0 saturated heterocycles. The van der Waals surface area contributed by atoms with Crippen LogP contribution in [0.4, 0.5) is 16.8 Å². The minimum Gasteiger partial charge on any atom is -0.365 e. The lowest BCUT2D eigenvalue weighted by atomic mass is 10.1. The van der Waals surface area contributed by atoms with Gasteiger partial charge in [-0.3, -0.25) is 4.57 Å². The van der Waals surface area contributed by atoms with E-state index in [-0.39, 0.29) is 12.5 Å². The van der Waals surface area contributed by atoms with Crippen molar-refractivity contribution in [1.29, 1.82) is 5.26 Å². The van der Waals surface area contributed by atoms with Gasteiger partial charge in [0.15, 0.2) is 5.13 Å². The molecule has 0 bridgehead atoms. The molecule has 1 aromatic carbocycles. The number of anilines is 3. The Kier molecular flexibility index (Phi) is 11.6. The van der Waals surface area contributed by atoms with Crippen molar-refractivity contribution < 1.29 is 0 Å². The summed E-state index contributed by atoms with van der Waals surface area (Å²) in [6, 6.07) is 6.14. The molecule has 9 nitrogen and oxygen atoms in total. The Bertz CT molecular complexity index is 1810. The van der Waals surface area contributed by atoms with Gasteiger partial charge in [0.2, 0.25) is 5.95 Å². The molecule has 0 amide bonds. The second-order valence-electron chi connectivity index (χ2n) is 10.2. The average molecular weight is 600 g/mol. The number of nitrogens with one attached hydrogen (secondary N) is 2. The van der Waals surface area contributed by atoms with E-state index in [2.05, 4.69) is 33.6 Å². The van der Waals surface area contributed by atoms with E-state index in [9.17, 15) is 14.9 Å². The van der Waals surface area contributed by atoms with E-state index in [1.807, 2.05) is 65.1 Å². The van der Waals surface area contributed by atoms with Crippen LogP contribution in [-0.4, -0.2) is 26.1 Å². The normalized spacial score (nSPS) is 13.4. The number of allylic oxidation sites excluding steroid dienone is 10. The van der Waals surface area contributed by atoms with Crippen LogP contribution in [0.3, 0.4) is 0 Å². The second-order valence-corrected chi connectivity index (χ2v) is 11.2. The Labute approximate surface area is 257 Å². The van der Waals surface area contributed by atoms with Crippen LogP contribution in [0.2, 0.25) is 0 Å². The second kappa shape index (κ2) is 15.1. The summed E-state index contributed by atoms with van der Waals surface area (Å²) >= 11 is 1.52. The Morgan fingerprint density at radius 3 is 2.44 bits per heavy atom. The molecular weight excluding hydrogens is 558 g/mol. The summed E-state index contributed by atoms with van der Waals surface area (Å²) in [6.07, 6.45) is 11.6. The van der Waals surface area contributed by atoms with Gasteiger partial charge in [0, 0.05) is 18.3 Å². The number of nitriles is 1. The molecule has 10 heteroatoms. The Balaban J connectivity index is 2.28. The van der Waals surface area contributed by atoms with E-state index in [4.69, 9.17) is 0 Å². The smallest absolute Gasteiger partial charge is 0.359 e. The van der Waals surface area contributed by atoms with Gasteiger partial charge in [-0.05, 0) is 88.0 Å². The Hall–Kier alpha value is -4.49. The maximum Gasteiger partial charge on any atom is 0.359 e. The highest BCUT2D eigenvalue weighted by Crippen LogP contribution is 2.32. The first-order chi connectivity index (χ1) is 20.6. The maximum atomic E-state index is 14.2. The van der Waals surface area contributed by atoms with Crippen molar-refractivity contribution in [2.75, 3.05) is 17.7 Å². The summed E-state index contributed by atoms with van der Waals surface area (Å²) in [5.41, 5.74) is 5.18. The molecule has 0 atom stereocenters. The van der Waals surface area contributed by atoms with Crippen LogP contribution in [0, 0.1) is 11.3 Å². The highest BCUT2D eigenvalue weighted by molar-refractivity contribution is 7.22. The number of hydrogen-bond donors (Lipinski definition) is 2. The minimum atomic E-state index is -0.684. The van der Waals surface area contributed by atoms with Crippen LogP contribution in [0.25, 0.3) is 15.9 Å². The molecule has 0 aliphatic rings. The van der Waals surface area contributed by atoms with Crippen molar-refractivity contribution in [2.24, 2.45) is 0 Å². The van der Waals surface area contributed by atoms with Gasteiger partial charge in [0.1, 0.15) is 0 Å². The van der Waals surface area contributed by atoms with Gasteiger partial charge in [0.05, 0.1) is 28.5 Å². The highest BCUT2D eigenvalue weighted by Gasteiger charge is 2.18. The van der Waals surface area contributed by atoms with Gasteiger partial charge < -0.3 is 10.6 Å². The summed E-state index contributed by atoms with van der Waals surface area (Å²) < 4.78 is 3.51. The molecule has 0 saturated carbocycles. The summed E-state index contributed by atoms with van der Waals surface area (Å²) in [6.45, 7) is 13.7. The molecular formula is C33H41N7O2S. The average Bonchev–Trinajstić information content (AvgIpc) is 3.39. The number of aryl methyl sites for hydroxylation is 1. The molecule has 0 aliphatic carbocycles. The first kappa shape index (κ1) is 33.0. The van der Waals surface area contributed by atoms with E-state index in [1.54, 1.807) is 26.0 Å². The number of benzene rings is 1. The van der Waals surface area contributed by atoms with Gasteiger partial charge in [-0.25, -0.2) is 19.1 Å². The van der Waals surface area contributed by atoms with E-state index < -0.39 is 11.4 Å². The van der Waals surface area contributed by atoms with Gasteiger partial charge in [0.25, 0.3) is 0 Å². The predicted octanol–water partition coefficient (Wildman–Crippen LogP) is 7.33. The summed E-state index contributed by atoms with van der Waals surface area (Å²) in [4.78, 5) is 36.8. The molecule has 226 valence electrons. The Morgan fingerprint density at radius 1 is 1.09 bits per heavy atom.